The van der Waals surface area contributed by atoms with Crippen LogP contribution in [-0.2, 0) is 4.79 Å². The molecule has 0 heterocycles. The van der Waals surface area contributed by atoms with Gasteiger partial charge in [-0.25, -0.2) is 0 Å². The molecule has 1 rings (SSSR count). The van der Waals surface area contributed by atoms with Gasteiger partial charge in [0.2, 0.25) is 0 Å². The Hall–Kier alpha value is -0.330. The number of hydrogen-bond acceptors (Lipinski definition) is 1. The Labute approximate surface area is 94.6 Å². The van der Waals surface area contributed by atoms with Crippen LogP contribution in [0, 0.1) is 23.2 Å². The molecule has 0 spiro atoms. The van der Waals surface area contributed by atoms with Crippen LogP contribution in [0.1, 0.15) is 60.3 Å². The molecule has 0 amide bonds. The summed E-state index contributed by atoms with van der Waals surface area (Å²) in [6.07, 6.45) is 4.24. The zero-order valence-electron chi connectivity index (χ0n) is 11.0. The van der Waals surface area contributed by atoms with Gasteiger partial charge in [0.05, 0.1) is 0 Å². The summed E-state index contributed by atoms with van der Waals surface area (Å²) in [5.74, 6) is 2.27. The number of rotatable bonds is 3. The summed E-state index contributed by atoms with van der Waals surface area (Å²) in [4.78, 5) is 12.3. The molecular weight excluding hydrogens is 184 g/mol. The molecule has 1 aliphatic rings. The van der Waals surface area contributed by atoms with Gasteiger partial charge in [0, 0.05) is 11.8 Å². The van der Waals surface area contributed by atoms with E-state index >= 15 is 0 Å². The average molecular weight is 210 g/mol. The van der Waals surface area contributed by atoms with Crippen molar-refractivity contribution in [1.29, 1.82) is 0 Å². The Balaban J connectivity index is 2.85. The summed E-state index contributed by atoms with van der Waals surface area (Å²) in [6, 6.07) is 0. The van der Waals surface area contributed by atoms with E-state index in [1.165, 1.54) is 6.42 Å². The number of carbonyl (C=O) groups excluding carboxylic acids is 1. The van der Waals surface area contributed by atoms with Crippen LogP contribution in [0.3, 0.4) is 0 Å². The second-order valence-corrected chi connectivity index (χ2v) is 6.18. The zero-order valence-corrected chi connectivity index (χ0v) is 11.0. The average Bonchev–Trinajstić information content (AvgIpc) is 2.09. The highest BCUT2D eigenvalue weighted by molar-refractivity contribution is 5.86. The molecule has 1 saturated carbocycles. The van der Waals surface area contributed by atoms with Crippen molar-refractivity contribution in [1.82, 2.24) is 0 Å². The molecular formula is C14H26O. The van der Waals surface area contributed by atoms with E-state index in [0.717, 1.165) is 19.3 Å². The molecule has 0 saturated heterocycles. The maximum Gasteiger partial charge on any atom is 0.139 e. The first kappa shape index (κ1) is 12.7. The zero-order chi connectivity index (χ0) is 11.6. The molecule has 1 nitrogen and oxygen atoms in total. The molecule has 0 aliphatic heterocycles. The summed E-state index contributed by atoms with van der Waals surface area (Å²) < 4.78 is 0. The third-order valence-electron chi connectivity index (χ3n) is 4.05. The quantitative estimate of drug-likeness (QED) is 0.686. The van der Waals surface area contributed by atoms with Gasteiger partial charge in [-0.2, -0.15) is 0 Å². The lowest BCUT2D eigenvalue weighted by molar-refractivity contribution is -0.137. The minimum absolute atomic E-state index is 0.000671. The van der Waals surface area contributed by atoms with Gasteiger partial charge in [-0.15, -0.1) is 0 Å². The molecule has 0 bridgehead atoms. The summed E-state index contributed by atoms with van der Waals surface area (Å²) in [6.45, 7) is 11.1. The minimum Gasteiger partial charge on any atom is -0.299 e. The van der Waals surface area contributed by atoms with E-state index < -0.39 is 0 Å². The van der Waals surface area contributed by atoms with Crippen molar-refractivity contribution in [2.75, 3.05) is 0 Å². The molecule has 88 valence electrons. The standard InChI is InChI=1S/C14H26O/c1-10(2)9-14(11(3)4)7-6-12(5)8-13(14)15/h10-12H,6-9H2,1-5H3/t12-,14+/m0/s1. The SMILES string of the molecule is CC(C)C[C@@]1(C(C)C)CC[C@H](C)CC1=O. The molecule has 0 N–H and O–H groups in total. The molecule has 0 unspecified atom stereocenters. The predicted octanol–water partition coefficient (Wildman–Crippen LogP) is 4.06. The summed E-state index contributed by atoms with van der Waals surface area (Å²) in [5, 5.41) is 0. The van der Waals surface area contributed by atoms with Crippen molar-refractivity contribution in [2.45, 2.75) is 60.3 Å². The van der Waals surface area contributed by atoms with E-state index in [0.29, 0.717) is 23.5 Å². The Morgan fingerprint density at radius 3 is 2.33 bits per heavy atom. The van der Waals surface area contributed by atoms with Crippen molar-refractivity contribution >= 4 is 5.78 Å². The molecule has 1 aliphatic carbocycles. The fraction of sp³-hybridized carbons (Fsp3) is 0.929. The summed E-state index contributed by atoms with van der Waals surface area (Å²) >= 11 is 0. The third kappa shape index (κ3) is 2.62. The van der Waals surface area contributed by atoms with Gasteiger partial charge < -0.3 is 0 Å². The molecule has 0 aromatic rings. The van der Waals surface area contributed by atoms with Crippen molar-refractivity contribution in [3.63, 3.8) is 0 Å². The van der Waals surface area contributed by atoms with Crippen LogP contribution >= 0.6 is 0 Å². The minimum atomic E-state index is 0.000671. The van der Waals surface area contributed by atoms with E-state index in [9.17, 15) is 4.79 Å². The molecule has 0 aromatic carbocycles. The summed E-state index contributed by atoms with van der Waals surface area (Å²) in [5.41, 5.74) is 0.000671. The summed E-state index contributed by atoms with van der Waals surface area (Å²) in [7, 11) is 0. The predicted molar refractivity (Wildman–Crippen MR) is 64.7 cm³/mol. The highest BCUT2D eigenvalue weighted by atomic mass is 16.1. The molecule has 0 radical (unpaired) electrons. The largest absolute Gasteiger partial charge is 0.299 e. The maximum atomic E-state index is 12.3. The van der Waals surface area contributed by atoms with E-state index in [1.54, 1.807) is 0 Å². The Morgan fingerprint density at radius 1 is 1.33 bits per heavy atom. The van der Waals surface area contributed by atoms with E-state index in [4.69, 9.17) is 0 Å². The van der Waals surface area contributed by atoms with Crippen LogP contribution in [-0.4, -0.2) is 5.78 Å². The fourth-order valence-electron chi connectivity index (χ4n) is 3.06. The van der Waals surface area contributed by atoms with Gasteiger partial charge in [0.25, 0.3) is 0 Å². The molecule has 1 fully saturated rings. The lowest BCUT2D eigenvalue weighted by Gasteiger charge is -2.42. The van der Waals surface area contributed by atoms with Gasteiger partial charge in [-0.3, -0.25) is 4.79 Å². The van der Waals surface area contributed by atoms with Crippen LogP contribution in [0.2, 0.25) is 0 Å². The van der Waals surface area contributed by atoms with Crippen molar-refractivity contribution in [3.05, 3.63) is 0 Å². The van der Waals surface area contributed by atoms with Crippen LogP contribution in [0.5, 0.6) is 0 Å². The van der Waals surface area contributed by atoms with Gasteiger partial charge in [0.1, 0.15) is 5.78 Å². The number of Topliss-reactive ketones (excluding diaryl/α,β-unsaturated/α-hetero) is 1. The van der Waals surface area contributed by atoms with Crippen molar-refractivity contribution in [2.24, 2.45) is 23.2 Å². The Kier molecular flexibility index (Phi) is 3.97. The van der Waals surface area contributed by atoms with Crippen LogP contribution in [0.25, 0.3) is 0 Å². The first-order valence-corrected chi connectivity index (χ1v) is 6.41. The first-order chi connectivity index (χ1) is 6.88. The van der Waals surface area contributed by atoms with Gasteiger partial charge >= 0.3 is 0 Å². The second-order valence-electron chi connectivity index (χ2n) is 6.18. The normalized spacial score (nSPS) is 32.7. The maximum absolute atomic E-state index is 12.3. The monoisotopic (exact) mass is 210 g/mol. The molecule has 2 atom stereocenters. The molecule has 1 heteroatoms. The van der Waals surface area contributed by atoms with E-state index in [2.05, 4.69) is 34.6 Å². The first-order valence-electron chi connectivity index (χ1n) is 6.41. The van der Waals surface area contributed by atoms with Crippen molar-refractivity contribution < 1.29 is 4.79 Å². The van der Waals surface area contributed by atoms with Gasteiger partial charge in [-0.1, -0.05) is 34.6 Å². The lowest BCUT2D eigenvalue weighted by atomic mass is 9.61. The number of carbonyl (C=O) groups is 1. The topological polar surface area (TPSA) is 17.1 Å². The molecule has 0 aromatic heterocycles. The molecule has 15 heavy (non-hydrogen) atoms. The van der Waals surface area contributed by atoms with Crippen LogP contribution in [0.4, 0.5) is 0 Å². The van der Waals surface area contributed by atoms with Gasteiger partial charge in [0.15, 0.2) is 0 Å². The smallest absolute Gasteiger partial charge is 0.139 e. The third-order valence-corrected chi connectivity index (χ3v) is 4.05. The van der Waals surface area contributed by atoms with Crippen LogP contribution in [0.15, 0.2) is 0 Å². The highest BCUT2D eigenvalue weighted by Gasteiger charge is 2.44. The Bertz CT molecular complexity index is 229. The van der Waals surface area contributed by atoms with Crippen LogP contribution < -0.4 is 0 Å². The van der Waals surface area contributed by atoms with E-state index in [-0.39, 0.29) is 5.41 Å². The lowest BCUT2D eigenvalue weighted by Crippen LogP contribution is -2.42. The fourth-order valence-corrected chi connectivity index (χ4v) is 3.06. The van der Waals surface area contributed by atoms with Gasteiger partial charge in [-0.05, 0) is 37.0 Å². The number of ketones is 1. The van der Waals surface area contributed by atoms with E-state index in [1.807, 2.05) is 0 Å². The number of hydrogen-bond donors (Lipinski definition) is 0. The van der Waals surface area contributed by atoms with Crippen molar-refractivity contribution in [3.8, 4) is 0 Å². The Morgan fingerprint density at radius 2 is 1.93 bits per heavy atom. The highest BCUT2D eigenvalue weighted by Crippen LogP contribution is 2.46. The second kappa shape index (κ2) is 4.67.